The molecule has 0 spiro atoms. The molecule has 0 saturated heterocycles. The van der Waals surface area contributed by atoms with Gasteiger partial charge in [0.15, 0.2) is 5.82 Å². The van der Waals surface area contributed by atoms with Crippen LogP contribution in [0.15, 0.2) is 29.3 Å². The first-order valence-corrected chi connectivity index (χ1v) is 9.62. The number of aromatic nitrogens is 2. The maximum atomic E-state index is 12.8. The quantitative estimate of drug-likeness (QED) is 0.878. The number of methoxy groups -OCH3 is 1. The zero-order valence-electron chi connectivity index (χ0n) is 14.6. The number of anilines is 2. The lowest BCUT2D eigenvalue weighted by Gasteiger charge is -2.19. The molecule has 7 nitrogen and oxygen atoms in total. The third kappa shape index (κ3) is 3.68. The zero-order chi connectivity index (χ0) is 18.0. The van der Waals surface area contributed by atoms with E-state index in [1.165, 1.54) is 18.9 Å². The Labute approximate surface area is 148 Å². The molecule has 0 unspecified atom stereocenters. The van der Waals surface area contributed by atoms with Crippen LogP contribution in [0.2, 0.25) is 0 Å². The first-order valence-electron chi connectivity index (χ1n) is 8.13. The number of aryl methyl sites for hydroxylation is 2. The largest absolute Gasteiger partial charge is 0.467 e. The standard InChI is InChI=1S/C17H22N4O3S/c1-21(2)16-15(11-18-17(19-16)24-3)20-25(22,23)14-9-8-12-6-4-5-7-13(12)10-14/h8-11,20H,4-7H2,1-3H3. The molecular weight excluding hydrogens is 340 g/mol. The minimum Gasteiger partial charge on any atom is -0.467 e. The SMILES string of the molecule is COc1ncc(NS(=O)(=O)c2ccc3c(c2)CCCC3)c(N(C)C)n1. The highest BCUT2D eigenvalue weighted by atomic mass is 32.2. The van der Waals surface area contributed by atoms with Crippen LogP contribution in [-0.2, 0) is 22.9 Å². The molecule has 8 heteroatoms. The third-order valence-electron chi connectivity index (χ3n) is 4.23. The molecule has 0 bridgehead atoms. The summed E-state index contributed by atoms with van der Waals surface area (Å²) in [4.78, 5) is 10.2. The molecule has 1 N–H and O–H groups in total. The summed E-state index contributed by atoms with van der Waals surface area (Å²) < 4.78 is 33.2. The van der Waals surface area contributed by atoms with Gasteiger partial charge in [-0.25, -0.2) is 13.4 Å². The number of sulfonamides is 1. The molecule has 0 saturated carbocycles. The fourth-order valence-electron chi connectivity index (χ4n) is 2.95. The van der Waals surface area contributed by atoms with Crippen LogP contribution in [0.5, 0.6) is 6.01 Å². The Kier molecular flexibility index (Phi) is 4.80. The predicted molar refractivity (Wildman–Crippen MR) is 96.8 cm³/mol. The number of rotatable bonds is 5. The van der Waals surface area contributed by atoms with E-state index in [0.717, 1.165) is 31.2 Å². The van der Waals surface area contributed by atoms with Crippen LogP contribution in [0.25, 0.3) is 0 Å². The molecule has 25 heavy (non-hydrogen) atoms. The number of ether oxygens (including phenoxy) is 1. The van der Waals surface area contributed by atoms with Crippen molar-refractivity contribution < 1.29 is 13.2 Å². The molecule has 3 rings (SSSR count). The molecule has 0 atom stereocenters. The monoisotopic (exact) mass is 362 g/mol. The summed E-state index contributed by atoms with van der Waals surface area (Å²) in [5, 5.41) is 0. The summed E-state index contributed by atoms with van der Waals surface area (Å²) in [6.45, 7) is 0. The van der Waals surface area contributed by atoms with E-state index in [2.05, 4.69) is 14.7 Å². The Hall–Kier alpha value is -2.35. The minimum absolute atomic E-state index is 0.181. The van der Waals surface area contributed by atoms with Crippen molar-refractivity contribution in [3.63, 3.8) is 0 Å². The van der Waals surface area contributed by atoms with Gasteiger partial charge in [0, 0.05) is 14.1 Å². The lowest BCUT2D eigenvalue weighted by Crippen LogP contribution is -2.19. The van der Waals surface area contributed by atoms with Gasteiger partial charge in [0.05, 0.1) is 18.2 Å². The van der Waals surface area contributed by atoms with Crippen molar-refractivity contribution in [1.82, 2.24) is 9.97 Å². The molecule has 0 aliphatic heterocycles. The van der Waals surface area contributed by atoms with Gasteiger partial charge in [0.25, 0.3) is 10.0 Å². The summed E-state index contributed by atoms with van der Waals surface area (Å²) in [5.74, 6) is 0.438. The summed E-state index contributed by atoms with van der Waals surface area (Å²) >= 11 is 0. The van der Waals surface area contributed by atoms with E-state index in [1.807, 2.05) is 6.07 Å². The fraction of sp³-hybridized carbons (Fsp3) is 0.412. The van der Waals surface area contributed by atoms with Gasteiger partial charge in [-0.05, 0) is 48.9 Å². The van der Waals surface area contributed by atoms with Crippen molar-refractivity contribution in [2.45, 2.75) is 30.6 Å². The summed E-state index contributed by atoms with van der Waals surface area (Å²) in [6.07, 6.45) is 5.61. The van der Waals surface area contributed by atoms with Crippen LogP contribution < -0.4 is 14.4 Å². The van der Waals surface area contributed by atoms with Gasteiger partial charge < -0.3 is 9.64 Å². The van der Waals surface area contributed by atoms with E-state index in [0.29, 0.717) is 11.5 Å². The highest BCUT2D eigenvalue weighted by molar-refractivity contribution is 7.92. The van der Waals surface area contributed by atoms with Crippen molar-refractivity contribution in [1.29, 1.82) is 0 Å². The molecule has 1 aliphatic carbocycles. The number of hydrogen-bond donors (Lipinski definition) is 1. The van der Waals surface area contributed by atoms with E-state index >= 15 is 0 Å². The Balaban J connectivity index is 1.94. The summed E-state index contributed by atoms with van der Waals surface area (Å²) in [7, 11) is 1.30. The molecule has 1 aliphatic rings. The number of benzene rings is 1. The maximum absolute atomic E-state index is 12.8. The Morgan fingerprint density at radius 1 is 1.16 bits per heavy atom. The van der Waals surface area contributed by atoms with Gasteiger partial charge in [-0.3, -0.25) is 4.72 Å². The predicted octanol–water partition coefficient (Wildman–Crippen LogP) is 2.23. The first-order chi connectivity index (χ1) is 11.9. The Morgan fingerprint density at radius 3 is 2.56 bits per heavy atom. The second kappa shape index (κ2) is 6.87. The van der Waals surface area contributed by atoms with Crippen molar-refractivity contribution >= 4 is 21.5 Å². The molecule has 0 radical (unpaired) electrons. The molecule has 2 aromatic rings. The number of nitrogens with zero attached hydrogens (tertiary/aromatic N) is 3. The van der Waals surface area contributed by atoms with Gasteiger partial charge in [0.1, 0.15) is 5.69 Å². The number of hydrogen-bond acceptors (Lipinski definition) is 6. The molecular formula is C17H22N4O3S. The smallest absolute Gasteiger partial charge is 0.318 e. The summed E-state index contributed by atoms with van der Waals surface area (Å²) in [5.41, 5.74) is 2.67. The van der Waals surface area contributed by atoms with E-state index in [4.69, 9.17) is 4.74 Å². The topological polar surface area (TPSA) is 84.4 Å². The van der Waals surface area contributed by atoms with E-state index in [9.17, 15) is 8.42 Å². The molecule has 1 aromatic heterocycles. The van der Waals surface area contributed by atoms with E-state index in [1.54, 1.807) is 31.1 Å². The highest BCUT2D eigenvalue weighted by Gasteiger charge is 2.21. The molecule has 0 amide bonds. The van der Waals surface area contributed by atoms with Crippen molar-refractivity contribution in [3.05, 3.63) is 35.5 Å². The molecule has 0 fully saturated rings. The zero-order valence-corrected chi connectivity index (χ0v) is 15.4. The van der Waals surface area contributed by atoms with Crippen LogP contribution in [-0.4, -0.2) is 39.6 Å². The number of nitrogens with one attached hydrogen (secondary N) is 1. The molecule has 134 valence electrons. The van der Waals surface area contributed by atoms with Crippen molar-refractivity contribution in [2.24, 2.45) is 0 Å². The van der Waals surface area contributed by atoms with E-state index < -0.39 is 10.0 Å². The second-order valence-corrected chi connectivity index (χ2v) is 7.91. The average Bonchev–Trinajstić information content (AvgIpc) is 2.61. The second-order valence-electron chi connectivity index (χ2n) is 6.23. The van der Waals surface area contributed by atoms with Crippen LogP contribution in [0, 0.1) is 0 Å². The third-order valence-corrected chi connectivity index (χ3v) is 5.59. The van der Waals surface area contributed by atoms with Crippen LogP contribution in [0.3, 0.4) is 0 Å². The van der Waals surface area contributed by atoms with Crippen LogP contribution in [0.1, 0.15) is 24.0 Å². The van der Waals surface area contributed by atoms with Gasteiger partial charge >= 0.3 is 6.01 Å². The maximum Gasteiger partial charge on any atom is 0.318 e. The normalized spacial score (nSPS) is 13.9. The van der Waals surface area contributed by atoms with E-state index in [-0.39, 0.29) is 10.9 Å². The van der Waals surface area contributed by atoms with Crippen LogP contribution >= 0.6 is 0 Å². The highest BCUT2D eigenvalue weighted by Crippen LogP contribution is 2.28. The molecule has 1 aromatic carbocycles. The van der Waals surface area contributed by atoms with Crippen molar-refractivity contribution in [2.75, 3.05) is 30.8 Å². The van der Waals surface area contributed by atoms with Gasteiger partial charge in [-0.2, -0.15) is 4.98 Å². The minimum atomic E-state index is -3.72. The van der Waals surface area contributed by atoms with Gasteiger partial charge in [-0.1, -0.05) is 6.07 Å². The Morgan fingerprint density at radius 2 is 1.88 bits per heavy atom. The summed E-state index contributed by atoms with van der Waals surface area (Å²) in [6, 6.07) is 5.53. The average molecular weight is 362 g/mol. The van der Waals surface area contributed by atoms with Gasteiger partial charge in [-0.15, -0.1) is 0 Å². The molecule has 1 heterocycles. The lowest BCUT2D eigenvalue weighted by atomic mass is 9.92. The van der Waals surface area contributed by atoms with Crippen LogP contribution in [0.4, 0.5) is 11.5 Å². The number of fused-ring (bicyclic) bond motifs is 1. The van der Waals surface area contributed by atoms with Crippen molar-refractivity contribution in [3.8, 4) is 6.01 Å². The lowest BCUT2D eigenvalue weighted by molar-refractivity contribution is 0.380. The fourth-order valence-corrected chi connectivity index (χ4v) is 4.05. The van der Waals surface area contributed by atoms with Gasteiger partial charge in [0.2, 0.25) is 0 Å². The Bertz CT molecular complexity index is 881. The first kappa shape index (κ1) is 17.5.